The molecule has 1 heterocycles. The van der Waals surface area contributed by atoms with Gasteiger partial charge in [-0.3, -0.25) is 9.59 Å². The molecule has 0 aliphatic carbocycles. The minimum absolute atomic E-state index is 0.195. The Morgan fingerprint density at radius 2 is 1.76 bits per heavy atom. The van der Waals surface area contributed by atoms with E-state index in [1.807, 2.05) is 0 Å². The highest BCUT2D eigenvalue weighted by Crippen LogP contribution is 2.34. The molecule has 1 fully saturated rings. The Kier molecular flexibility index (Phi) is 7.77. The minimum atomic E-state index is -1.97. The van der Waals surface area contributed by atoms with E-state index in [4.69, 9.17) is 60.0 Å². The lowest BCUT2D eigenvalue weighted by Gasteiger charge is -2.43. The molecule has 1 rings (SSSR count). The quantitative estimate of drug-likeness (QED) is 0.184. The topological polar surface area (TPSA) is 134 Å². The smallest absolute Gasteiger partial charge is 0.303 e. The molecule has 0 aromatic rings. The molecule has 0 bridgehead atoms. The number of alkyl halides is 3. The Morgan fingerprint density at radius 3 is 2.20 bits per heavy atom. The maximum atomic E-state index is 11.5. The van der Waals surface area contributed by atoms with Crippen LogP contribution in [0, 0.1) is 5.41 Å². The molecular formula is C13H17Cl3N4O5. The largest absolute Gasteiger partial charge is 0.458 e. The van der Waals surface area contributed by atoms with E-state index in [1.165, 1.54) is 0 Å². The molecule has 2 unspecified atom stereocenters. The number of hydrogen-bond acceptors (Lipinski definition) is 7. The Hall–Kier alpha value is -1.25. The van der Waals surface area contributed by atoms with Gasteiger partial charge in [0.05, 0.1) is 11.8 Å². The lowest BCUT2D eigenvalue weighted by Crippen LogP contribution is -2.59. The van der Waals surface area contributed by atoms with Crippen molar-refractivity contribution >= 4 is 52.5 Å². The maximum Gasteiger partial charge on any atom is 0.303 e. The van der Waals surface area contributed by atoms with Crippen molar-refractivity contribution in [1.29, 1.82) is 5.41 Å². The Bertz CT molecular complexity index is 591. The molecule has 140 valence electrons. The molecule has 0 spiro atoms. The molecule has 0 saturated carbocycles. The fourth-order valence-electron chi connectivity index (χ4n) is 2.47. The Labute approximate surface area is 159 Å². The van der Waals surface area contributed by atoms with E-state index < -0.39 is 46.2 Å². The fourth-order valence-corrected chi connectivity index (χ4v) is 2.70. The van der Waals surface area contributed by atoms with Crippen molar-refractivity contribution in [1.82, 2.24) is 0 Å². The van der Waals surface area contributed by atoms with Crippen LogP contribution in [0.4, 0.5) is 0 Å². The summed E-state index contributed by atoms with van der Waals surface area (Å²) in [5, 5.41) is 11.4. The fraction of sp³-hybridized carbons (Fsp3) is 0.769. The van der Waals surface area contributed by atoms with Crippen molar-refractivity contribution in [2.75, 3.05) is 0 Å². The van der Waals surface area contributed by atoms with Gasteiger partial charge >= 0.3 is 11.9 Å². The van der Waals surface area contributed by atoms with E-state index in [9.17, 15) is 9.59 Å². The first-order valence-corrected chi connectivity index (χ1v) is 8.29. The van der Waals surface area contributed by atoms with E-state index in [0.717, 1.165) is 13.8 Å². The van der Waals surface area contributed by atoms with Crippen LogP contribution in [0.1, 0.15) is 27.2 Å². The summed E-state index contributed by atoms with van der Waals surface area (Å²) in [7, 11) is 0. The van der Waals surface area contributed by atoms with Gasteiger partial charge in [0.15, 0.2) is 12.2 Å². The molecule has 1 aliphatic rings. The SMILES string of the molecule is CC(=O)OC1[C@H](CC(=N)C(Cl)(Cl)Cl)OC(C)[C@H](N=[N+]=[N-])[C@@H]1OC(C)=O. The van der Waals surface area contributed by atoms with Gasteiger partial charge in [-0.2, -0.15) is 0 Å². The van der Waals surface area contributed by atoms with Crippen molar-refractivity contribution in [2.24, 2.45) is 5.11 Å². The monoisotopic (exact) mass is 414 g/mol. The minimum Gasteiger partial charge on any atom is -0.458 e. The van der Waals surface area contributed by atoms with Crippen molar-refractivity contribution in [2.45, 2.75) is 61.4 Å². The predicted molar refractivity (Wildman–Crippen MR) is 91.0 cm³/mol. The zero-order chi connectivity index (χ0) is 19.4. The van der Waals surface area contributed by atoms with Crippen LogP contribution in [0.2, 0.25) is 0 Å². The van der Waals surface area contributed by atoms with Gasteiger partial charge in [0, 0.05) is 25.2 Å². The van der Waals surface area contributed by atoms with Crippen molar-refractivity contribution in [3.8, 4) is 0 Å². The molecule has 1 aliphatic heterocycles. The molecule has 1 N–H and O–H groups in total. The first-order chi connectivity index (χ1) is 11.5. The van der Waals surface area contributed by atoms with E-state index in [1.54, 1.807) is 6.92 Å². The van der Waals surface area contributed by atoms with Crippen LogP contribution >= 0.6 is 34.8 Å². The third-order valence-electron chi connectivity index (χ3n) is 3.43. The van der Waals surface area contributed by atoms with Crippen LogP contribution in [-0.2, 0) is 23.8 Å². The van der Waals surface area contributed by atoms with Crippen LogP contribution in [-0.4, -0.2) is 51.9 Å². The zero-order valence-electron chi connectivity index (χ0n) is 13.6. The summed E-state index contributed by atoms with van der Waals surface area (Å²) in [5.41, 5.74) is 8.45. The van der Waals surface area contributed by atoms with Crippen LogP contribution < -0.4 is 0 Å². The average molecular weight is 416 g/mol. The van der Waals surface area contributed by atoms with E-state index in [2.05, 4.69) is 10.0 Å². The zero-order valence-corrected chi connectivity index (χ0v) is 15.9. The first kappa shape index (κ1) is 21.8. The molecule has 12 heteroatoms. The summed E-state index contributed by atoms with van der Waals surface area (Å²) in [6, 6.07) is -0.934. The molecule has 1 saturated heterocycles. The number of azide groups is 1. The van der Waals surface area contributed by atoms with Crippen LogP contribution in [0.15, 0.2) is 5.11 Å². The van der Waals surface area contributed by atoms with Gasteiger partial charge < -0.3 is 19.6 Å². The van der Waals surface area contributed by atoms with Gasteiger partial charge in [-0.25, -0.2) is 0 Å². The first-order valence-electron chi connectivity index (χ1n) is 7.16. The number of esters is 2. The van der Waals surface area contributed by atoms with Crippen LogP contribution in [0.3, 0.4) is 0 Å². The number of rotatable bonds is 5. The van der Waals surface area contributed by atoms with Crippen LogP contribution in [0.5, 0.6) is 0 Å². The maximum absolute atomic E-state index is 11.5. The third-order valence-corrected chi connectivity index (χ3v) is 4.12. The highest BCUT2D eigenvalue weighted by atomic mass is 35.6. The number of carbonyl (C=O) groups excluding carboxylic acids is 2. The number of nitrogens with one attached hydrogen (secondary N) is 1. The summed E-state index contributed by atoms with van der Waals surface area (Å²) < 4.78 is 14.1. The van der Waals surface area contributed by atoms with Gasteiger partial charge in [-0.05, 0) is 12.5 Å². The Morgan fingerprint density at radius 1 is 1.24 bits per heavy atom. The molecule has 0 aromatic heterocycles. The molecule has 0 radical (unpaired) electrons. The molecule has 0 amide bonds. The van der Waals surface area contributed by atoms with Gasteiger partial charge in [0.2, 0.25) is 3.79 Å². The summed E-state index contributed by atoms with van der Waals surface area (Å²) in [6.07, 6.45) is -4.06. The second-order valence-corrected chi connectivity index (χ2v) is 7.68. The van der Waals surface area contributed by atoms with Gasteiger partial charge in [0.25, 0.3) is 0 Å². The second kappa shape index (κ2) is 8.91. The van der Waals surface area contributed by atoms with Crippen LogP contribution in [0.25, 0.3) is 10.4 Å². The predicted octanol–water partition coefficient (Wildman–Crippen LogP) is 3.10. The number of carbonyl (C=O) groups is 2. The average Bonchev–Trinajstić information content (AvgIpc) is 2.44. The number of nitrogens with zero attached hydrogens (tertiary/aromatic N) is 3. The van der Waals surface area contributed by atoms with E-state index >= 15 is 0 Å². The van der Waals surface area contributed by atoms with Gasteiger partial charge in [-0.15, -0.1) is 0 Å². The normalized spacial score (nSPS) is 29.3. The molecule has 9 nitrogen and oxygen atoms in total. The lowest BCUT2D eigenvalue weighted by atomic mass is 9.91. The molecule has 0 aromatic carbocycles. The number of hydrogen-bond donors (Lipinski definition) is 1. The number of ether oxygens (including phenoxy) is 3. The summed E-state index contributed by atoms with van der Waals surface area (Å²) in [5.74, 6) is -1.34. The van der Waals surface area contributed by atoms with Crippen molar-refractivity contribution in [3.05, 3.63) is 10.4 Å². The summed E-state index contributed by atoms with van der Waals surface area (Å²) in [4.78, 5) is 25.6. The second-order valence-electron chi connectivity index (χ2n) is 5.40. The van der Waals surface area contributed by atoms with Crippen molar-refractivity contribution < 1.29 is 23.8 Å². The highest BCUT2D eigenvalue weighted by Gasteiger charge is 2.49. The van der Waals surface area contributed by atoms with Gasteiger partial charge in [0.1, 0.15) is 12.1 Å². The summed E-state index contributed by atoms with van der Waals surface area (Å²) in [6.45, 7) is 3.91. The third kappa shape index (κ3) is 6.20. The Balaban J connectivity index is 3.22. The molecular weight excluding hydrogens is 399 g/mol. The molecule has 5 atom stereocenters. The van der Waals surface area contributed by atoms with Crippen molar-refractivity contribution in [3.63, 3.8) is 0 Å². The van der Waals surface area contributed by atoms with E-state index in [0.29, 0.717) is 0 Å². The summed E-state index contributed by atoms with van der Waals surface area (Å²) >= 11 is 17.0. The lowest BCUT2D eigenvalue weighted by molar-refractivity contribution is -0.208. The highest BCUT2D eigenvalue weighted by molar-refractivity contribution is 6.76. The standard InChI is InChI=1S/C13H17Cl3N4O5/c1-5-10(19-20-18)12(25-7(3)22)11(24-6(2)21)8(23-5)4-9(17)13(14,15)16/h5,8,10-12,17H,4H2,1-3H3/t5?,8-,10-,11?,12-/m0/s1. The van der Waals surface area contributed by atoms with Gasteiger partial charge in [-0.1, -0.05) is 39.9 Å². The number of halogens is 3. The molecule has 25 heavy (non-hydrogen) atoms. The van der Waals surface area contributed by atoms with E-state index in [-0.39, 0.29) is 12.1 Å².